The fourth-order valence-electron chi connectivity index (χ4n) is 2.11. The summed E-state index contributed by atoms with van der Waals surface area (Å²) in [4.78, 5) is 13.1. The lowest BCUT2D eigenvalue weighted by atomic mass is 9.79. The maximum Gasteiger partial charge on any atom is 0.158 e. The van der Waals surface area contributed by atoms with Gasteiger partial charge in [-0.3, -0.25) is 4.79 Å². The number of carbonyl (C=O) groups excluding carboxylic acids is 1. The second-order valence-electron chi connectivity index (χ2n) is 3.76. The molecule has 1 aromatic rings. The van der Waals surface area contributed by atoms with Crippen LogP contribution in [-0.2, 0) is 10.3 Å². The van der Waals surface area contributed by atoms with E-state index in [9.17, 15) is 4.79 Å². The minimum Gasteiger partial charge on any atom is -0.301 e. The van der Waals surface area contributed by atoms with Gasteiger partial charge in [0.25, 0.3) is 0 Å². The predicted octanol–water partition coefficient (Wildman–Crippen LogP) is 3.12. The van der Waals surface area contributed by atoms with Crippen LogP contribution in [0.4, 0.5) is 0 Å². The molecular formula is C12H18ClNOS. The molecule has 1 atom stereocenters. The van der Waals surface area contributed by atoms with E-state index in [1.807, 2.05) is 5.38 Å². The Hall–Kier alpha value is -0.380. The van der Waals surface area contributed by atoms with Crippen LogP contribution in [0.5, 0.6) is 0 Å². The van der Waals surface area contributed by atoms with Gasteiger partial charge in [0.1, 0.15) is 5.54 Å². The summed E-state index contributed by atoms with van der Waals surface area (Å²) in [5, 5.41) is 4.34. The molecule has 1 aromatic heterocycles. The van der Waals surface area contributed by atoms with Crippen molar-refractivity contribution in [2.75, 3.05) is 6.50 Å². The van der Waals surface area contributed by atoms with Crippen molar-refractivity contribution in [2.24, 2.45) is 0 Å². The van der Waals surface area contributed by atoms with Crippen molar-refractivity contribution < 1.29 is 11.6 Å². The summed E-state index contributed by atoms with van der Waals surface area (Å²) in [6, 6.07) is 3.55. The number of likely N-dealkylation sites (N-methyl/N-ethyl adjacent to an activating group) is 1. The van der Waals surface area contributed by atoms with Gasteiger partial charge >= 0.3 is 0 Å². The first-order valence-electron chi connectivity index (χ1n) is 7.56. The molecule has 0 bridgehead atoms. The van der Waals surface area contributed by atoms with Crippen LogP contribution >= 0.6 is 23.7 Å². The van der Waals surface area contributed by atoms with Crippen molar-refractivity contribution in [3.8, 4) is 0 Å². The molecule has 0 amide bonds. The molecule has 2 nitrogen and oxygen atoms in total. The number of nitrogens with one attached hydrogen (secondary N) is 1. The zero-order chi connectivity index (χ0) is 15.0. The summed E-state index contributed by atoms with van der Waals surface area (Å²) in [6.45, 7) is -5.43. The van der Waals surface area contributed by atoms with Gasteiger partial charge in [0.15, 0.2) is 5.78 Å². The zero-order valence-corrected chi connectivity index (χ0v) is 10.4. The molecule has 1 saturated carbocycles. The maximum absolute atomic E-state index is 12.4. The number of Topliss-reactive ketones (excluding diaryl/α,β-unsaturated/α-hetero) is 1. The van der Waals surface area contributed by atoms with Crippen LogP contribution in [0.3, 0.4) is 0 Å². The van der Waals surface area contributed by atoms with E-state index < -0.39 is 18.9 Å². The molecule has 1 aliphatic carbocycles. The van der Waals surface area contributed by atoms with Crippen molar-refractivity contribution in [1.82, 2.24) is 5.32 Å². The molecule has 1 N–H and O–H groups in total. The normalized spacial score (nSPS) is 31.5. The minimum absolute atomic E-state index is 0. The van der Waals surface area contributed by atoms with Crippen LogP contribution in [0, 0.1) is 0 Å². The Morgan fingerprint density at radius 2 is 2.56 bits per heavy atom. The average molecular weight is 265 g/mol. The third-order valence-corrected chi connectivity index (χ3v) is 3.93. The summed E-state index contributed by atoms with van der Waals surface area (Å²) < 4.78 is 37.5. The van der Waals surface area contributed by atoms with Crippen LogP contribution in [0.2, 0.25) is 0 Å². The highest BCUT2D eigenvalue weighted by Gasteiger charge is 2.41. The smallest absolute Gasteiger partial charge is 0.158 e. The van der Waals surface area contributed by atoms with Crippen molar-refractivity contribution in [1.29, 1.82) is 0 Å². The summed E-state index contributed by atoms with van der Waals surface area (Å²) in [5.41, 5.74) is -1.20. The molecule has 0 radical (unpaired) electrons. The van der Waals surface area contributed by atoms with Gasteiger partial charge in [-0.2, -0.15) is 0 Å². The van der Waals surface area contributed by atoms with Gasteiger partial charge in [-0.05, 0) is 30.8 Å². The number of carbonyl (C=O) groups is 1. The molecule has 0 aromatic carbocycles. The molecule has 1 aliphatic rings. The second-order valence-corrected chi connectivity index (χ2v) is 4.71. The van der Waals surface area contributed by atoms with E-state index in [2.05, 4.69) is 5.32 Å². The zero-order valence-electron chi connectivity index (χ0n) is 13.8. The molecule has 4 heteroatoms. The number of thiophene rings is 1. The molecule has 90 valence electrons. The Bertz CT molecular complexity index is 490. The first kappa shape index (κ1) is 7.85. The fourth-order valence-corrected chi connectivity index (χ4v) is 3.04. The van der Waals surface area contributed by atoms with Gasteiger partial charge < -0.3 is 5.32 Å². The van der Waals surface area contributed by atoms with Crippen LogP contribution < -0.4 is 5.32 Å². The van der Waals surface area contributed by atoms with Crippen LogP contribution in [-0.4, -0.2) is 12.3 Å². The van der Waals surface area contributed by atoms with Gasteiger partial charge in [0.2, 0.25) is 0 Å². The first-order chi connectivity index (χ1) is 9.19. The topological polar surface area (TPSA) is 29.1 Å². The van der Waals surface area contributed by atoms with Gasteiger partial charge in [0, 0.05) is 18.2 Å². The molecule has 1 fully saturated rings. The van der Waals surface area contributed by atoms with Crippen LogP contribution in [0.15, 0.2) is 17.5 Å². The fraction of sp³-hybridized carbons (Fsp3) is 0.583. The Morgan fingerprint density at radius 3 is 3.19 bits per heavy atom. The Morgan fingerprint density at radius 1 is 1.69 bits per heavy atom. The highest BCUT2D eigenvalue weighted by molar-refractivity contribution is 7.10. The van der Waals surface area contributed by atoms with Crippen molar-refractivity contribution in [2.45, 2.75) is 38.1 Å². The van der Waals surface area contributed by atoms with E-state index in [1.54, 1.807) is 12.1 Å². The molecule has 0 aliphatic heterocycles. The van der Waals surface area contributed by atoms with Crippen molar-refractivity contribution in [3.05, 3.63) is 22.4 Å². The summed E-state index contributed by atoms with van der Waals surface area (Å²) in [6.07, 6.45) is 2.32. The third kappa shape index (κ3) is 2.31. The van der Waals surface area contributed by atoms with Crippen molar-refractivity contribution in [3.63, 3.8) is 0 Å². The highest BCUT2D eigenvalue weighted by atomic mass is 35.5. The largest absolute Gasteiger partial charge is 0.301 e. The Kier molecular flexibility index (Phi) is 2.85. The van der Waals surface area contributed by atoms with Crippen LogP contribution in [0.25, 0.3) is 0 Å². The number of rotatable bonds is 3. The monoisotopic (exact) mass is 264 g/mol. The lowest BCUT2D eigenvalue weighted by molar-refractivity contribution is -0.127. The lowest BCUT2D eigenvalue weighted by Gasteiger charge is -2.35. The number of halogens is 1. The van der Waals surface area contributed by atoms with Gasteiger partial charge in [0.05, 0.1) is 0 Å². The first-order valence-corrected chi connectivity index (χ1v) is 5.94. The minimum atomic E-state index is -2.82. The van der Waals surface area contributed by atoms with E-state index in [-0.39, 0.29) is 18.2 Å². The Labute approximate surface area is 114 Å². The van der Waals surface area contributed by atoms with Crippen LogP contribution in [0.1, 0.15) is 44.3 Å². The van der Waals surface area contributed by atoms with E-state index in [0.717, 1.165) is 12.8 Å². The average Bonchev–Trinajstić information content (AvgIpc) is 2.84. The summed E-state index contributed by atoms with van der Waals surface area (Å²) in [5.74, 6) is -0.126. The Balaban J connectivity index is 0.00000220. The van der Waals surface area contributed by atoms with E-state index in [0.29, 0.717) is 17.7 Å². The lowest BCUT2D eigenvalue weighted by Crippen LogP contribution is -2.50. The van der Waals surface area contributed by atoms with E-state index >= 15 is 0 Å². The third-order valence-electron chi connectivity index (χ3n) is 2.90. The SMILES string of the molecule is Cl.[2H]C([2H])([2H])C([2H])([2H])NC1(c2cccs2)CCCCC1=O. The van der Waals surface area contributed by atoms with Gasteiger partial charge in [-0.25, -0.2) is 0 Å². The molecule has 0 saturated heterocycles. The van der Waals surface area contributed by atoms with Gasteiger partial charge in [-0.1, -0.05) is 19.3 Å². The molecule has 2 rings (SSSR count). The van der Waals surface area contributed by atoms with Gasteiger partial charge in [-0.15, -0.1) is 23.7 Å². The van der Waals surface area contributed by atoms with E-state index in [1.165, 1.54) is 11.3 Å². The standard InChI is InChI=1S/C12H17NOS.ClH/c1-2-13-12(11-7-5-9-15-11)8-4-3-6-10(12)14;/h5,7,9,13H,2-4,6,8H2,1H3;1H/i1D3,2D2;. The van der Waals surface area contributed by atoms with E-state index in [4.69, 9.17) is 6.85 Å². The quantitative estimate of drug-likeness (QED) is 0.909. The molecule has 0 spiro atoms. The second kappa shape index (κ2) is 5.80. The highest BCUT2D eigenvalue weighted by Crippen LogP contribution is 2.36. The number of hydrogen-bond donors (Lipinski definition) is 1. The summed E-state index contributed by atoms with van der Waals surface area (Å²) in [7, 11) is 0. The molecule has 1 unspecified atom stereocenters. The number of ketones is 1. The number of hydrogen-bond acceptors (Lipinski definition) is 3. The predicted molar refractivity (Wildman–Crippen MR) is 70.4 cm³/mol. The molecule has 16 heavy (non-hydrogen) atoms. The van der Waals surface area contributed by atoms with Crippen molar-refractivity contribution >= 4 is 29.5 Å². The maximum atomic E-state index is 12.4. The molecular weight excluding hydrogens is 242 g/mol. The molecule has 1 heterocycles. The summed E-state index contributed by atoms with van der Waals surface area (Å²) >= 11 is 1.35.